The normalized spacial score (nSPS) is 15.9. The van der Waals surface area contributed by atoms with Gasteiger partial charge in [0.05, 0.1) is 13.3 Å². The fraction of sp³-hybridized carbons (Fsp3) is 0.231. The maximum absolute atomic E-state index is 5.53. The third kappa shape index (κ3) is 4.94. The van der Waals surface area contributed by atoms with Crippen LogP contribution in [0.1, 0.15) is 16.7 Å². The van der Waals surface area contributed by atoms with Gasteiger partial charge in [0, 0.05) is 31.7 Å². The number of hydrogen-bond donors (Lipinski definition) is 0. The minimum absolute atomic E-state index is 0.250. The van der Waals surface area contributed by atoms with Crippen LogP contribution in [0.4, 0.5) is 0 Å². The highest BCUT2D eigenvalue weighted by molar-refractivity contribution is 5.57. The summed E-state index contributed by atoms with van der Waals surface area (Å²) < 4.78 is 5.53. The summed E-state index contributed by atoms with van der Waals surface area (Å²) in [5.74, 6) is 0.908. The van der Waals surface area contributed by atoms with Gasteiger partial charge >= 0.3 is 0 Å². The van der Waals surface area contributed by atoms with E-state index in [0.29, 0.717) is 0 Å². The average molecular weight is 385 g/mol. The van der Waals surface area contributed by atoms with E-state index >= 15 is 0 Å². The van der Waals surface area contributed by atoms with Gasteiger partial charge in [-0.15, -0.1) is 0 Å². The number of benzene rings is 3. The Balaban J connectivity index is 1.57. The molecular formula is C26H28N2O. The fourth-order valence-corrected chi connectivity index (χ4v) is 3.97. The van der Waals surface area contributed by atoms with Gasteiger partial charge in [0.1, 0.15) is 5.75 Å². The van der Waals surface area contributed by atoms with E-state index in [0.717, 1.165) is 37.5 Å². The van der Waals surface area contributed by atoms with Crippen molar-refractivity contribution in [2.45, 2.75) is 19.3 Å². The maximum Gasteiger partial charge on any atom is 0.126 e. The van der Waals surface area contributed by atoms with Gasteiger partial charge < -0.3 is 4.74 Å². The van der Waals surface area contributed by atoms with Crippen molar-refractivity contribution in [3.8, 4) is 5.75 Å². The van der Waals surface area contributed by atoms with Crippen LogP contribution in [0, 0.1) is 0 Å². The minimum Gasteiger partial charge on any atom is -0.496 e. The highest BCUT2D eigenvalue weighted by Crippen LogP contribution is 2.24. The molecule has 3 nitrogen and oxygen atoms in total. The van der Waals surface area contributed by atoms with Crippen molar-refractivity contribution in [2.75, 3.05) is 20.2 Å². The predicted molar refractivity (Wildman–Crippen MR) is 120 cm³/mol. The van der Waals surface area contributed by atoms with Crippen LogP contribution in [-0.4, -0.2) is 36.2 Å². The molecule has 0 saturated carbocycles. The Bertz CT molecular complexity index is 874. The van der Waals surface area contributed by atoms with Crippen LogP contribution in [-0.2, 0) is 13.1 Å². The van der Waals surface area contributed by atoms with Crippen LogP contribution in [0.25, 0.3) is 6.08 Å². The number of methoxy groups -OCH3 is 1. The molecule has 3 heteroatoms. The van der Waals surface area contributed by atoms with Crippen LogP contribution >= 0.6 is 0 Å². The summed E-state index contributed by atoms with van der Waals surface area (Å²) in [6.07, 6.45) is 4.77. The predicted octanol–water partition coefficient (Wildman–Crippen LogP) is 5.05. The highest BCUT2D eigenvalue weighted by atomic mass is 16.5. The van der Waals surface area contributed by atoms with Gasteiger partial charge in [0.2, 0.25) is 0 Å². The Morgan fingerprint density at radius 3 is 1.83 bits per heavy atom. The van der Waals surface area contributed by atoms with Gasteiger partial charge in [-0.1, -0.05) is 91.0 Å². The lowest BCUT2D eigenvalue weighted by atomic mass is 10.1. The summed E-state index contributed by atoms with van der Waals surface area (Å²) >= 11 is 0. The molecule has 0 bridgehead atoms. The van der Waals surface area contributed by atoms with Crippen LogP contribution in [0.3, 0.4) is 0 Å². The van der Waals surface area contributed by atoms with E-state index in [-0.39, 0.29) is 6.17 Å². The second kappa shape index (κ2) is 9.55. The summed E-state index contributed by atoms with van der Waals surface area (Å²) in [5, 5.41) is 0. The molecule has 3 aromatic rings. The van der Waals surface area contributed by atoms with E-state index in [1.165, 1.54) is 11.1 Å². The number of ether oxygens (including phenoxy) is 1. The molecule has 0 spiro atoms. The van der Waals surface area contributed by atoms with E-state index < -0.39 is 0 Å². The molecule has 3 aromatic carbocycles. The van der Waals surface area contributed by atoms with Gasteiger partial charge in [0.25, 0.3) is 0 Å². The molecule has 1 aliphatic heterocycles. The minimum atomic E-state index is 0.250. The lowest BCUT2D eigenvalue weighted by molar-refractivity contribution is 0.168. The van der Waals surface area contributed by atoms with Gasteiger partial charge in [-0.2, -0.15) is 0 Å². The molecule has 1 saturated heterocycles. The van der Waals surface area contributed by atoms with E-state index in [1.807, 2.05) is 12.1 Å². The topological polar surface area (TPSA) is 15.7 Å². The molecule has 1 aliphatic rings. The first-order chi connectivity index (χ1) is 14.3. The second-order valence-electron chi connectivity index (χ2n) is 7.43. The SMILES string of the molecule is COc1ccccc1/C=C\C1N(Cc2ccccc2)CCN1Cc1ccccc1. The molecule has 0 amide bonds. The Labute approximate surface area is 173 Å². The van der Waals surface area contributed by atoms with Crippen molar-refractivity contribution in [3.63, 3.8) is 0 Å². The standard InChI is InChI=1S/C26H28N2O/c1-29-25-15-9-8-14-24(25)16-17-26-27(20-22-10-4-2-5-11-22)18-19-28(26)21-23-12-6-3-7-13-23/h2-17,26H,18-21H2,1H3/b17-16-. The third-order valence-corrected chi connectivity index (χ3v) is 5.47. The first-order valence-corrected chi connectivity index (χ1v) is 10.2. The maximum atomic E-state index is 5.53. The van der Waals surface area contributed by atoms with E-state index in [9.17, 15) is 0 Å². The van der Waals surface area contributed by atoms with Crippen molar-refractivity contribution in [2.24, 2.45) is 0 Å². The zero-order valence-corrected chi connectivity index (χ0v) is 16.9. The van der Waals surface area contributed by atoms with Gasteiger partial charge in [-0.25, -0.2) is 0 Å². The monoisotopic (exact) mass is 384 g/mol. The molecule has 148 valence electrons. The van der Waals surface area contributed by atoms with E-state index in [4.69, 9.17) is 4.74 Å². The fourth-order valence-electron chi connectivity index (χ4n) is 3.97. The Kier molecular flexibility index (Phi) is 6.40. The smallest absolute Gasteiger partial charge is 0.126 e. The molecule has 0 atom stereocenters. The van der Waals surface area contributed by atoms with Crippen molar-refractivity contribution in [1.29, 1.82) is 0 Å². The van der Waals surface area contributed by atoms with E-state index in [1.54, 1.807) is 7.11 Å². The molecule has 0 aliphatic carbocycles. The van der Waals surface area contributed by atoms with Crippen molar-refractivity contribution >= 4 is 6.08 Å². The van der Waals surface area contributed by atoms with Gasteiger partial charge in [-0.3, -0.25) is 9.80 Å². The zero-order valence-electron chi connectivity index (χ0n) is 16.9. The number of hydrogen-bond acceptors (Lipinski definition) is 3. The molecular weight excluding hydrogens is 356 g/mol. The van der Waals surface area contributed by atoms with Crippen molar-refractivity contribution in [1.82, 2.24) is 9.80 Å². The quantitative estimate of drug-likeness (QED) is 0.567. The summed E-state index contributed by atoms with van der Waals surface area (Å²) in [6.45, 7) is 4.02. The molecule has 0 N–H and O–H groups in total. The molecule has 0 unspecified atom stereocenters. The average Bonchev–Trinajstić information content (AvgIpc) is 3.14. The Hall–Kier alpha value is -2.88. The van der Waals surface area contributed by atoms with Gasteiger partial charge in [-0.05, 0) is 17.2 Å². The van der Waals surface area contributed by atoms with E-state index in [2.05, 4.69) is 94.7 Å². The number of nitrogens with zero attached hydrogens (tertiary/aromatic N) is 2. The lowest BCUT2D eigenvalue weighted by Crippen LogP contribution is -2.36. The van der Waals surface area contributed by atoms with Crippen molar-refractivity contribution in [3.05, 3.63) is 108 Å². The second-order valence-corrected chi connectivity index (χ2v) is 7.43. The van der Waals surface area contributed by atoms with Crippen LogP contribution in [0.2, 0.25) is 0 Å². The molecule has 29 heavy (non-hydrogen) atoms. The van der Waals surface area contributed by atoms with Crippen LogP contribution < -0.4 is 4.74 Å². The Morgan fingerprint density at radius 2 is 1.28 bits per heavy atom. The number of para-hydroxylation sites is 1. The lowest BCUT2D eigenvalue weighted by Gasteiger charge is -2.28. The number of rotatable bonds is 7. The Morgan fingerprint density at radius 1 is 0.759 bits per heavy atom. The molecule has 1 fully saturated rings. The third-order valence-electron chi connectivity index (χ3n) is 5.47. The molecule has 0 aromatic heterocycles. The van der Waals surface area contributed by atoms with Gasteiger partial charge in [0.15, 0.2) is 0 Å². The summed E-state index contributed by atoms with van der Waals surface area (Å²) in [5.41, 5.74) is 3.82. The first kappa shape index (κ1) is 19.4. The zero-order chi connectivity index (χ0) is 19.9. The molecule has 1 heterocycles. The molecule has 4 rings (SSSR count). The molecule has 0 radical (unpaired) electrons. The highest BCUT2D eigenvalue weighted by Gasteiger charge is 2.29. The van der Waals surface area contributed by atoms with Crippen molar-refractivity contribution < 1.29 is 4.74 Å². The summed E-state index contributed by atoms with van der Waals surface area (Å²) in [7, 11) is 1.73. The van der Waals surface area contributed by atoms with Crippen LogP contribution in [0.5, 0.6) is 5.75 Å². The first-order valence-electron chi connectivity index (χ1n) is 10.2. The summed E-state index contributed by atoms with van der Waals surface area (Å²) in [4.78, 5) is 5.09. The largest absolute Gasteiger partial charge is 0.496 e. The summed E-state index contributed by atoms with van der Waals surface area (Å²) in [6, 6.07) is 29.6. The van der Waals surface area contributed by atoms with Crippen LogP contribution in [0.15, 0.2) is 91.0 Å².